The van der Waals surface area contributed by atoms with Crippen molar-refractivity contribution in [1.82, 2.24) is 10.2 Å². The average Bonchev–Trinajstić information content (AvgIpc) is 2.37. The molecule has 0 aromatic carbocycles. The third-order valence-corrected chi connectivity index (χ3v) is 5.63. The number of nitrogens with one attached hydrogen (secondary N) is 1. The van der Waals surface area contributed by atoms with Crippen LogP contribution in [-0.2, 0) is 0 Å². The molecule has 2 N–H and O–H groups in total. The Morgan fingerprint density at radius 2 is 2.05 bits per heavy atom. The summed E-state index contributed by atoms with van der Waals surface area (Å²) in [4.78, 5) is 2.61. The van der Waals surface area contributed by atoms with E-state index in [9.17, 15) is 5.11 Å². The molecular formula is C18H36N2O. The molecule has 0 saturated heterocycles. The molecule has 0 spiro atoms. The maximum absolute atomic E-state index is 9.43. The Hall–Kier alpha value is -0.120. The molecule has 3 nitrogen and oxygen atoms in total. The van der Waals surface area contributed by atoms with E-state index in [-0.39, 0.29) is 0 Å². The number of nitrogens with zero attached hydrogens (tertiary/aromatic N) is 1. The Labute approximate surface area is 131 Å². The summed E-state index contributed by atoms with van der Waals surface area (Å²) < 4.78 is 0. The van der Waals surface area contributed by atoms with Gasteiger partial charge in [-0.3, -0.25) is 4.90 Å². The summed E-state index contributed by atoms with van der Waals surface area (Å²) in [6.07, 6.45) is 10.8. The molecule has 21 heavy (non-hydrogen) atoms. The van der Waals surface area contributed by atoms with Crippen molar-refractivity contribution < 1.29 is 5.11 Å². The van der Waals surface area contributed by atoms with Gasteiger partial charge in [0, 0.05) is 25.7 Å². The summed E-state index contributed by atoms with van der Waals surface area (Å²) in [5.74, 6) is 0.861. The minimum Gasteiger partial charge on any atom is -0.395 e. The van der Waals surface area contributed by atoms with Crippen LogP contribution in [-0.4, -0.2) is 48.8 Å². The number of hydrogen-bond acceptors (Lipinski definition) is 3. The smallest absolute Gasteiger partial charge is 0.0558 e. The quantitative estimate of drug-likeness (QED) is 0.642. The third kappa shape index (κ3) is 4.94. The van der Waals surface area contributed by atoms with Crippen LogP contribution in [0.2, 0.25) is 0 Å². The van der Waals surface area contributed by atoms with Gasteiger partial charge in [0.2, 0.25) is 0 Å². The summed E-state index contributed by atoms with van der Waals surface area (Å²) in [6.45, 7) is 9.35. The van der Waals surface area contributed by atoms with Crippen LogP contribution in [0.4, 0.5) is 0 Å². The fourth-order valence-corrected chi connectivity index (χ4v) is 4.36. The van der Waals surface area contributed by atoms with E-state index in [0.29, 0.717) is 12.0 Å². The minimum absolute atomic E-state index is 0.310. The molecule has 0 radical (unpaired) electrons. The van der Waals surface area contributed by atoms with Gasteiger partial charge in [0.1, 0.15) is 0 Å². The number of aliphatic hydroxyl groups is 1. The Morgan fingerprint density at radius 3 is 2.62 bits per heavy atom. The molecule has 0 aliphatic heterocycles. The second kappa shape index (κ2) is 8.50. The highest BCUT2D eigenvalue weighted by Crippen LogP contribution is 2.41. The van der Waals surface area contributed by atoms with Gasteiger partial charge in [-0.2, -0.15) is 0 Å². The van der Waals surface area contributed by atoms with Crippen LogP contribution >= 0.6 is 0 Å². The van der Waals surface area contributed by atoms with Gasteiger partial charge >= 0.3 is 0 Å². The molecule has 0 bridgehead atoms. The Kier molecular flexibility index (Phi) is 6.97. The van der Waals surface area contributed by atoms with Gasteiger partial charge in [0.15, 0.2) is 0 Å². The zero-order valence-corrected chi connectivity index (χ0v) is 14.2. The molecule has 3 heteroatoms. The second-order valence-corrected chi connectivity index (χ2v) is 7.66. The van der Waals surface area contributed by atoms with Gasteiger partial charge < -0.3 is 10.4 Å². The summed E-state index contributed by atoms with van der Waals surface area (Å²) in [5.41, 5.74) is 0.442. The van der Waals surface area contributed by atoms with Crippen molar-refractivity contribution in [3.63, 3.8) is 0 Å². The molecule has 0 aromatic rings. The van der Waals surface area contributed by atoms with Gasteiger partial charge in [0.25, 0.3) is 0 Å². The lowest BCUT2D eigenvalue weighted by Gasteiger charge is -2.47. The highest BCUT2D eigenvalue weighted by Gasteiger charge is 2.38. The van der Waals surface area contributed by atoms with E-state index < -0.39 is 0 Å². The van der Waals surface area contributed by atoms with Gasteiger partial charge in [-0.25, -0.2) is 0 Å². The molecule has 124 valence electrons. The predicted molar refractivity (Wildman–Crippen MR) is 89.5 cm³/mol. The van der Waals surface area contributed by atoms with Crippen molar-refractivity contribution in [2.75, 3.05) is 32.8 Å². The van der Waals surface area contributed by atoms with Crippen LogP contribution < -0.4 is 5.32 Å². The second-order valence-electron chi connectivity index (χ2n) is 7.66. The van der Waals surface area contributed by atoms with E-state index in [2.05, 4.69) is 24.1 Å². The first kappa shape index (κ1) is 17.2. The lowest BCUT2D eigenvalue weighted by atomic mass is 9.69. The lowest BCUT2D eigenvalue weighted by molar-refractivity contribution is 0.0248. The maximum Gasteiger partial charge on any atom is 0.0558 e. The Bertz CT molecular complexity index is 293. The highest BCUT2D eigenvalue weighted by molar-refractivity contribution is 4.92. The molecule has 2 unspecified atom stereocenters. The van der Waals surface area contributed by atoms with E-state index in [1.165, 1.54) is 64.5 Å². The van der Waals surface area contributed by atoms with Crippen molar-refractivity contribution >= 4 is 0 Å². The highest BCUT2D eigenvalue weighted by atomic mass is 16.3. The van der Waals surface area contributed by atoms with E-state index >= 15 is 0 Å². The lowest BCUT2D eigenvalue weighted by Crippen LogP contribution is -2.52. The SMILES string of the molecule is CCCNCC1(CN(CCO)C2CCC2)CCCC(C)C1. The first-order valence-corrected chi connectivity index (χ1v) is 9.25. The Balaban J connectivity index is 1.98. The van der Waals surface area contributed by atoms with Gasteiger partial charge in [0.05, 0.1) is 6.61 Å². The molecule has 2 rings (SSSR count). The van der Waals surface area contributed by atoms with Gasteiger partial charge in [-0.1, -0.05) is 33.1 Å². The summed E-state index contributed by atoms with van der Waals surface area (Å²) in [7, 11) is 0. The fraction of sp³-hybridized carbons (Fsp3) is 1.00. The van der Waals surface area contributed by atoms with E-state index in [1.54, 1.807) is 0 Å². The maximum atomic E-state index is 9.43. The standard InChI is InChI=1S/C18H36N2O/c1-3-10-19-14-18(9-5-6-16(2)13-18)15-20(11-12-21)17-7-4-8-17/h16-17,19,21H,3-15H2,1-2H3. The fourth-order valence-electron chi connectivity index (χ4n) is 4.36. The van der Waals surface area contributed by atoms with E-state index in [1.807, 2.05) is 0 Å². The predicted octanol–water partition coefficient (Wildman–Crippen LogP) is 3.03. The molecule has 2 fully saturated rings. The minimum atomic E-state index is 0.310. The van der Waals surface area contributed by atoms with E-state index in [4.69, 9.17) is 0 Å². The third-order valence-electron chi connectivity index (χ3n) is 5.63. The normalized spacial score (nSPS) is 30.6. The average molecular weight is 296 g/mol. The van der Waals surface area contributed by atoms with Gasteiger partial charge in [-0.05, 0) is 50.0 Å². The zero-order valence-electron chi connectivity index (χ0n) is 14.2. The molecular weight excluding hydrogens is 260 g/mol. The van der Waals surface area contributed by atoms with Crippen LogP contribution in [0.1, 0.15) is 65.2 Å². The van der Waals surface area contributed by atoms with Crippen molar-refractivity contribution in [1.29, 1.82) is 0 Å². The number of aliphatic hydroxyl groups excluding tert-OH is 1. The van der Waals surface area contributed by atoms with Crippen LogP contribution in [0.3, 0.4) is 0 Å². The monoisotopic (exact) mass is 296 g/mol. The number of hydrogen-bond donors (Lipinski definition) is 2. The first-order chi connectivity index (χ1) is 10.2. The van der Waals surface area contributed by atoms with Crippen molar-refractivity contribution in [2.24, 2.45) is 11.3 Å². The van der Waals surface area contributed by atoms with Crippen LogP contribution in [0.25, 0.3) is 0 Å². The summed E-state index contributed by atoms with van der Waals surface area (Å²) in [6, 6.07) is 0.748. The van der Waals surface area contributed by atoms with Crippen molar-refractivity contribution in [3.05, 3.63) is 0 Å². The number of rotatable bonds is 9. The summed E-state index contributed by atoms with van der Waals surface area (Å²) >= 11 is 0. The topological polar surface area (TPSA) is 35.5 Å². The largest absolute Gasteiger partial charge is 0.395 e. The molecule has 0 heterocycles. The zero-order chi connectivity index (χ0) is 15.1. The first-order valence-electron chi connectivity index (χ1n) is 9.25. The van der Waals surface area contributed by atoms with Crippen molar-refractivity contribution in [2.45, 2.75) is 71.3 Å². The van der Waals surface area contributed by atoms with Crippen LogP contribution in [0, 0.1) is 11.3 Å². The summed E-state index contributed by atoms with van der Waals surface area (Å²) in [5, 5.41) is 13.1. The van der Waals surface area contributed by atoms with Crippen LogP contribution in [0.5, 0.6) is 0 Å². The molecule has 2 atom stereocenters. The molecule has 0 amide bonds. The Morgan fingerprint density at radius 1 is 1.24 bits per heavy atom. The molecule has 2 aliphatic rings. The molecule has 2 saturated carbocycles. The molecule has 0 aromatic heterocycles. The van der Waals surface area contributed by atoms with Crippen LogP contribution in [0.15, 0.2) is 0 Å². The van der Waals surface area contributed by atoms with Gasteiger partial charge in [-0.15, -0.1) is 0 Å². The van der Waals surface area contributed by atoms with E-state index in [0.717, 1.165) is 25.0 Å². The molecule has 2 aliphatic carbocycles. The van der Waals surface area contributed by atoms with Crippen molar-refractivity contribution in [3.8, 4) is 0 Å².